The van der Waals surface area contributed by atoms with Gasteiger partial charge in [-0.1, -0.05) is 11.6 Å². The normalized spacial score (nSPS) is 11.0. The van der Waals surface area contributed by atoms with Crippen molar-refractivity contribution in [2.45, 2.75) is 26.9 Å². The Kier molecular flexibility index (Phi) is 7.65. The van der Waals surface area contributed by atoms with Gasteiger partial charge in [0.1, 0.15) is 5.15 Å². The molecule has 0 fully saturated rings. The van der Waals surface area contributed by atoms with Crippen molar-refractivity contribution in [3.05, 3.63) is 50.3 Å². The highest BCUT2D eigenvalue weighted by molar-refractivity contribution is 14.1. The summed E-state index contributed by atoms with van der Waals surface area (Å²) in [6.07, 6.45) is 3.08. The monoisotopic (exact) mass is 487 g/mol. The predicted octanol–water partition coefficient (Wildman–Crippen LogP) is 4.29. The highest BCUT2D eigenvalue weighted by Crippen LogP contribution is 2.34. The van der Waals surface area contributed by atoms with Gasteiger partial charge in [-0.25, -0.2) is 10.4 Å². The smallest absolute Gasteiger partial charge is 0.274 e. The summed E-state index contributed by atoms with van der Waals surface area (Å²) in [5.41, 5.74) is 3.47. The van der Waals surface area contributed by atoms with Crippen LogP contribution in [0, 0.1) is 3.57 Å². The second-order valence-electron chi connectivity index (χ2n) is 5.47. The van der Waals surface area contributed by atoms with E-state index in [-0.39, 0.29) is 16.8 Å². The molecule has 0 aliphatic heterocycles. The largest absolute Gasteiger partial charge is 0.490 e. The van der Waals surface area contributed by atoms with E-state index >= 15 is 0 Å². The Labute approximate surface area is 171 Å². The number of halogens is 2. The van der Waals surface area contributed by atoms with Crippen LogP contribution in [-0.4, -0.2) is 29.8 Å². The van der Waals surface area contributed by atoms with Crippen LogP contribution in [0.15, 0.2) is 35.6 Å². The van der Waals surface area contributed by atoms with Crippen LogP contribution < -0.4 is 14.9 Å². The van der Waals surface area contributed by atoms with Crippen LogP contribution in [0.3, 0.4) is 0 Å². The van der Waals surface area contributed by atoms with E-state index in [1.165, 1.54) is 12.4 Å². The summed E-state index contributed by atoms with van der Waals surface area (Å²) in [7, 11) is 0. The number of carbonyl (C=O) groups is 1. The van der Waals surface area contributed by atoms with Crippen LogP contribution in [-0.2, 0) is 0 Å². The Morgan fingerprint density at radius 1 is 1.46 bits per heavy atom. The lowest BCUT2D eigenvalue weighted by Crippen LogP contribution is -2.18. The molecule has 0 atom stereocenters. The first-order valence-corrected chi connectivity index (χ1v) is 9.45. The average molecular weight is 488 g/mol. The summed E-state index contributed by atoms with van der Waals surface area (Å²) < 4.78 is 12.4. The number of amides is 1. The maximum Gasteiger partial charge on any atom is 0.274 e. The van der Waals surface area contributed by atoms with Gasteiger partial charge in [0.25, 0.3) is 5.91 Å². The number of nitrogens with one attached hydrogen (secondary N) is 1. The van der Waals surface area contributed by atoms with E-state index in [4.69, 9.17) is 21.1 Å². The van der Waals surface area contributed by atoms with Gasteiger partial charge in [0.15, 0.2) is 11.5 Å². The Morgan fingerprint density at radius 2 is 2.23 bits per heavy atom. The standard InChI is InChI=1S/C18H19ClIN3O3/c1-4-25-15-9-12(8-14(20)16(15)26-11(2)3)10-22-23-18(24)13-6-5-7-21-17(13)19/h5-11H,4H2,1-3H3,(H,23,24). The number of nitrogens with zero attached hydrogens (tertiary/aromatic N) is 2. The molecular formula is C18H19ClIN3O3. The molecule has 0 bridgehead atoms. The number of carbonyl (C=O) groups excluding carboxylic acids is 1. The Morgan fingerprint density at radius 3 is 2.88 bits per heavy atom. The Balaban J connectivity index is 2.17. The molecule has 26 heavy (non-hydrogen) atoms. The third-order valence-electron chi connectivity index (χ3n) is 3.07. The summed E-state index contributed by atoms with van der Waals surface area (Å²) in [5, 5.41) is 4.11. The van der Waals surface area contributed by atoms with Crippen molar-refractivity contribution in [1.82, 2.24) is 10.4 Å². The molecule has 0 unspecified atom stereocenters. The molecule has 2 rings (SSSR count). The van der Waals surface area contributed by atoms with Crippen LogP contribution in [0.2, 0.25) is 5.15 Å². The van der Waals surface area contributed by atoms with Gasteiger partial charge < -0.3 is 9.47 Å². The van der Waals surface area contributed by atoms with E-state index in [2.05, 4.69) is 38.1 Å². The van der Waals surface area contributed by atoms with Gasteiger partial charge in [-0.3, -0.25) is 4.79 Å². The molecule has 0 radical (unpaired) electrons. The minimum absolute atomic E-state index is 0.0331. The van der Waals surface area contributed by atoms with Crippen molar-refractivity contribution >= 4 is 46.3 Å². The van der Waals surface area contributed by atoms with Crippen LogP contribution in [0.4, 0.5) is 0 Å². The minimum atomic E-state index is -0.432. The fraction of sp³-hybridized carbons (Fsp3) is 0.278. The molecule has 6 nitrogen and oxygen atoms in total. The number of rotatable bonds is 7. The summed E-state index contributed by atoms with van der Waals surface area (Å²) in [5.74, 6) is 0.904. The summed E-state index contributed by atoms with van der Waals surface area (Å²) >= 11 is 8.08. The zero-order chi connectivity index (χ0) is 19.1. The van der Waals surface area contributed by atoms with Crippen molar-refractivity contribution in [3.8, 4) is 11.5 Å². The van der Waals surface area contributed by atoms with Crippen molar-refractivity contribution in [1.29, 1.82) is 0 Å². The summed E-state index contributed by atoms with van der Waals surface area (Å²) in [4.78, 5) is 15.9. The Hall–Kier alpha value is -1.87. The van der Waals surface area contributed by atoms with Gasteiger partial charge >= 0.3 is 0 Å². The van der Waals surface area contributed by atoms with Crippen molar-refractivity contribution in [2.75, 3.05) is 6.61 Å². The molecule has 2 aromatic rings. The third kappa shape index (κ3) is 5.57. The molecule has 1 heterocycles. The fourth-order valence-electron chi connectivity index (χ4n) is 2.06. The molecule has 1 N–H and O–H groups in total. The molecule has 0 aliphatic carbocycles. The van der Waals surface area contributed by atoms with Gasteiger partial charge in [-0.15, -0.1) is 0 Å². The topological polar surface area (TPSA) is 72.8 Å². The first-order valence-electron chi connectivity index (χ1n) is 7.99. The number of hydrogen-bond acceptors (Lipinski definition) is 5. The highest BCUT2D eigenvalue weighted by Gasteiger charge is 2.13. The lowest BCUT2D eigenvalue weighted by Gasteiger charge is -2.16. The number of benzene rings is 1. The van der Waals surface area contributed by atoms with Crippen molar-refractivity contribution in [2.24, 2.45) is 5.10 Å². The minimum Gasteiger partial charge on any atom is -0.490 e. The number of ether oxygens (including phenoxy) is 2. The second-order valence-corrected chi connectivity index (χ2v) is 6.99. The van der Waals surface area contributed by atoms with Crippen LogP contribution in [0.25, 0.3) is 0 Å². The SMILES string of the molecule is CCOc1cc(C=NNC(=O)c2cccnc2Cl)cc(I)c1OC(C)C. The average Bonchev–Trinajstić information content (AvgIpc) is 2.58. The molecule has 0 aliphatic rings. The van der Waals surface area contributed by atoms with Crippen LogP contribution >= 0.6 is 34.2 Å². The predicted molar refractivity (Wildman–Crippen MR) is 110 cm³/mol. The highest BCUT2D eigenvalue weighted by atomic mass is 127. The maximum absolute atomic E-state index is 12.1. The molecule has 0 saturated carbocycles. The van der Waals surface area contributed by atoms with E-state index in [0.29, 0.717) is 18.1 Å². The molecule has 0 saturated heterocycles. The second kappa shape index (κ2) is 9.72. The summed E-state index contributed by atoms with van der Waals surface area (Å²) in [6, 6.07) is 6.92. The number of aromatic nitrogens is 1. The van der Waals surface area contributed by atoms with E-state index in [1.54, 1.807) is 12.1 Å². The van der Waals surface area contributed by atoms with Gasteiger partial charge in [0.2, 0.25) is 0 Å². The Bertz CT molecular complexity index is 812. The zero-order valence-corrected chi connectivity index (χ0v) is 17.5. The van der Waals surface area contributed by atoms with Crippen LogP contribution in [0.1, 0.15) is 36.7 Å². The van der Waals surface area contributed by atoms with Gasteiger partial charge in [-0.2, -0.15) is 5.10 Å². The molecule has 138 valence electrons. The number of hydrazone groups is 1. The molecule has 1 amide bonds. The molecule has 8 heteroatoms. The van der Waals surface area contributed by atoms with E-state index in [9.17, 15) is 4.79 Å². The first-order chi connectivity index (χ1) is 12.4. The van der Waals surface area contributed by atoms with Crippen molar-refractivity contribution < 1.29 is 14.3 Å². The molecule has 1 aromatic carbocycles. The zero-order valence-electron chi connectivity index (χ0n) is 14.6. The van der Waals surface area contributed by atoms with Gasteiger partial charge in [0, 0.05) is 6.20 Å². The van der Waals surface area contributed by atoms with Crippen molar-refractivity contribution in [3.63, 3.8) is 0 Å². The molecular weight excluding hydrogens is 469 g/mol. The van der Waals surface area contributed by atoms with Gasteiger partial charge in [0.05, 0.1) is 28.1 Å². The lowest BCUT2D eigenvalue weighted by atomic mass is 10.2. The number of hydrogen-bond donors (Lipinski definition) is 1. The quantitative estimate of drug-likeness (QED) is 0.274. The van der Waals surface area contributed by atoms with Crippen LogP contribution in [0.5, 0.6) is 11.5 Å². The number of pyridine rings is 1. The van der Waals surface area contributed by atoms with Gasteiger partial charge in [-0.05, 0) is 73.2 Å². The molecule has 1 aromatic heterocycles. The molecule has 0 spiro atoms. The van der Waals surface area contributed by atoms with E-state index in [0.717, 1.165) is 9.13 Å². The lowest BCUT2D eigenvalue weighted by molar-refractivity contribution is 0.0955. The fourth-order valence-corrected chi connectivity index (χ4v) is 3.01. The first kappa shape index (κ1) is 20.4. The third-order valence-corrected chi connectivity index (χ3v) is 4.17. The maximum atomic E-state index is 12.1. The van der Waals surface area contributed by atoms with E-state index < -0.39 is 5.91 Å². The summed E-state index contributed by atoms with van der Waals surface area (Å²) in [6.45, 7) is 6.34. The van der Waals surface area contributed by atoms with E-state index in [1.807, 2.05) is 32.9 Å².